The van der Waals surface area contributed by atoms with Gasteiger partial charge >= 0.3 is 11.9 Å². The summed E-state index contributed by atoms with van der Waals surface area (Å²) in [7, 11) is 4.02. The van der Waals surface area contributed by atoms with Crippen molar-refractivity contribution in [3.8, 4) is 11.5 Å². The third-order valence-electron chi connectivity index (χ3n) is 6.33. The molecule has 6 nitrogen and oxygen atoms in total. The Morgan fingerprint density at radius 2 is 1.14 bits per heavy atom. The van der Waals surface area contributed by atoms with E-state index in [0.29, 0.717) is 29.2 Å². The zero-order valence-electron chi connectivity index (χ0n) is 21.8. The highest BCUT2D eigenvalue weighted by Gasteiger charge is 2.16. The van der Waals surface area contributed by atoms with Crippen LogP contribution in [0, 0.1) is 20.8 Å². The quantitative estimate of drug-likeness (QED) is 0.194. The lowest BCUT2D eigenvalue weighted by Gasteiger charge is -2.14. The normalized spacial score (nSPS) is 10.6. The van der Waals surface area contributed by atoms with Crippen molar-refractivity contribution in [1.82, 2.24) is 0 Å². The van der Waals surface area contributed by atoms with Crippen molar-refractivity contribution in [1.29, 1.82) is 0 Å². The van der Waals surface area contributed by atoms with E-state index in [9.17, 15) is 9.59 Å². The maximum Gasteiger partial charge on any atom is 0.343 e. The molecule has 1 aromatic heterocycles. The third-order valence-corrected chi connectivity index (χ3v) is 6.33. The number of nitrogens with zero attached hydrogens (tertiary/aromatic N) is 2. The second kappa shape index (κ2) is 11.1. The number of hydrogen-bond donors (Lipinski definition) is 0. The number of carbonyl (C=O) groups excluding carboxylic acids is 2. The van der Waals surface area contributed by atoms with Crippen molar-refractivity contribution in [2.24, 2.45) is 0 Å². The van der Waals surface area contributed by atoms with Crippen molar-refractivity contribution in [2.45, 2.75) is 27.3 Å². The molecule has 0 saturated carbocycles. The molecular formula is C31H31N2O4+. The molecule has 0 aliphatic rings. The van der Waals surface area contributed by atoms with E-state index in [2.05, 4.69) is 21.6 Å². The van der Waals surface area contributed by atoms with Gasteiger partial charge in [-0.2, -0.15) is 0 Å². The Morgan fingerprint density at radius 3 is 1.59 bits per heavy atom. The van der Waals surface area contributed by atoms with Crippen LogP contribution in [0.3, 0.4) is 0 Å². The van der Waals surface area contributed by atoms with Crippen molar-refractivity contribution < 1.29 is 23.6 Å². The molecule has 188 valence electrons. The van der Waals surface area contributed by atoms with Gasteiger partial charge in [0.15, 0.2) is 18.9 Å². The van der Waals surface area contributed by atoms with E-state index in [1.807, 2.05) is 71.5 Å². The lowest BCUT2D eigenvalue weighted by atomic mass is 10.1. The molecule has 1 heterocycles. The van der Waals surface area contributed by atoms with Gasteiger partial charge < -0.3 is 14.4 Å². The summed E-state index contributed by atoms with van der Waals surface area (Å²) >= 11 is 0. The SMILES string of the molecule is Cc1ccc(C(=O)Oc2ccc(OC(=O)c3ccc(C[n+]4ccc(N(C)C)cc4)cc3)c(C)c2C)cc1. The number of aromatic nitrogens is 1. The van der Waals surface area contributed by atoms with E-state index in [4.69, 9.17) is 9.47 Å². The average molecular weight is 496 g/mol. The number of benzene rings is 3. The third kappa shape index (κ3) is 6.22. The van der Waals surface area contributed by atoms with Gasteiger partial charge in [-0.15, -0.1) is 0 Å². The highest BCUT2D eigenvalue weighted by atomic mass is 16.5. The van der Waals surface area contributed by atoms with Gasteiger partial charge in [-0.1, -0.05) is 29.8 Å². The number of anilines is 1. The first-order valence-electron chi connectivity index (χ1n) is 12.1. The minimum Gasteiger partial charge on any atom is -0.423 e. The summed E-state index contributed by atoms with van der Waals surface area (Å²) < 4.78 is 13.4. The lowest BCUT2D eigenvalue weighted by molar-refractivity contribution is -0.688. The van der Waals surface area contributed by atoms with Gasteiger partial charge in [0.1, 0.15) is 11.5 Å². The summed E-state index contributed by atoms with van der Waals surface area (Å²) in [6, 6.07) is 22.0. The van der Waals surface area contributed by atoms with Gasteiger partial charge in [-0.3, -0.25) is 0 Å². The molecule has 0 spiro atoms. The van der Waals surface area contributed by atoms with Crippen molar-refractivity contribution in [3.63, 3.8) is 0 Å². The molecule has 0 fully saturated rings. The molecule has 4 aromatic rings. The number of aryl methyl sites for hydroxylation is 1. The molecule has 0 aliphatic carbocycles. The fraction of sp³-hybridized carbons (Fsp3) is 0.194. The second-order valence-electron chi connectivity index (χ2n) is 9.28. The first kappa shape index (κ1) is 25.6. The number of esters is 2. The van der Waals surface area contributed by atoms with Gasteiger partial charge in [-0.05, 0) is 68.3 Å². The fourth-order valence-corrected chi connectivity index (χ4v) is 3.81. The molecule has 0 N–H and O–H groups in total. The topological polar surface area (TPSA) is 59.7 Å². The zero-order valence-corrected chi connectivity index (χ0v) is 21.8. The molecule has 0 saturated heterocycles. The predicted octanol–water partition coefficient (Wildman–Crippen LogP) is 5.45. The van der Waals surface area contributed by atoms with Crippen LogP contribution < -0.4 is 18.9 Å². The monoisotopic (exact) mass is 495 g/mol. The molecule has 0 bridgehead atoms. The standard InChI is InChI=1S/C31H31N2O4/c1-21-6-10-25(11-7-21)30(34)36-28-14-15-29(23(3)22(28)2)37-31(35)26-12-8-24(9-13-26)20-33-18-16-27(17-19-33)32(4)5/h6-19H,20H2,1-5H3/q+1. The number of pyridine rings is 1. The van der Waals surface area contributed by atoms with Crippen LogP contribution in [0.5, 0.6) is 11.5 Å². The van der Waals surface area contributed by atoms with Crippen molar-refractivity contribution in [2.75, 3.05) is 19.0 Å². The summed E-state index contributed by atoms with van der Waals surface area (Å²) in [5.41, 5.74) is 5.69. The Hall–Kier alpha value is -4.45. The van der Waals surface area contributed by atoms with Crippen LogP contribution >= 0.6 is 0 Å². The Balaban J connectivity index is 1.40. The molecule has 0 unspecified atom stereocenters. The molecule has 4 rings (SSSR count). The van der Waals surface area contributed by atoms with Gasteiger partial charge in [0.05, 0.1) is 11.1 Å². The fourth-order valence-electron chi connectivity index (χ4n) is 3.81. The molecule has 6 heteroatoms. The predicted molar refractivity (Wildman–Crippen MR) is 144 cm³/mol. The Kier molecular flexibility index (Phi) is 7.68. The van der Waals surface area contributed by atoms with Crippen LogP contribution in [0.2, 0.25) is 0 Å². The van der Waals surface area contributed by atoms with E-state index in [-0.39, 0.29) is 0 Å². The molecule has 37 heavy (non-hydrogen) atoms. The van der Waals surface area contributed by atoms with E-state index in [1.165, 1.54) is 0 Å². The lowest BCUT2D eigenvalue weighted by Crippen LogP contribution is -2.33. The highest BCUT2D eigenvalue weighted by molar-refractivity contribution is 5.92. The number of ether oxygens (including phenoxy) is 2. The van der Waals surface area contributed by atoms with Crippen LogP contribution in [0.25, 0.3) is 0 Å². The first-order chi connectivity index (χ1) is 17.7. The van der Waals surface area contributed by atoms with Crippen LogP contribution in [0.15, 0.2) is 85.2 Å². The maximum atomic E-state index is 12.8. The van der Waals surface area contributed by atoms with Crippen LogP contribution in [0.1, 0.15) is 43.0 Å². The molecule has 3 aromatic carbocycles. The van der Waals surface area contributed by atoms with Gasteiger partial charge in [0.25, 0.3) is 0 Å². The minimum atomic E-state index is -0.443. The van der Waals surface area contributed by atoms with Gasteiger partial charge in [0.2, 0.25) is 0 Å². The van der Waals surface area contributed by atoms with Gasteiger partial charge in [0, 0.05) is 37.5 Å². The minimum absolute atomic E-state index is 0.429. The maximum absolute atomic E-state index is 12.8. The Morgan fingerprint density at radius 1 is 0.676 bits per heavy atom. The average Bonchev–Trinajstić information content (AvgIpc) is 2.89. The van der Waals surface area contributed by atoms with Crippen molar-refractivity contribution in [3.05, 3.63) is 119 Å². The summed E-state index contributed by atoms with van der Waals surface area (Å²) in [5.74, 6) is -0.0119. The van der Waals surface area contributed by atoms with Gasteiger partial charge in [-0.25, -0.2) is 14.2 Å². The molecule has 0 aliphatic heterocycles. The van der Waals surface area contributed by atoms with Crippen LogP contribution in [-0.2, 0) is 6.54 Å². The Bertz CT molecular complexity index is 1410. The molecule has 0 radical (unpaired) electrons. The number of carbonyl (C=O) groups is 2. The summed E-state index contributed by atoms with van der Waals surface area (Å²) in [5, 5.41) is 0. The summed E-state index contributed by atoms with van der Waals surface area (Å²) in [6.07, 6.45) is 4.06. The highest BCUT2D eigenvalue weighted by Crippen LogP contribution is 2.30. The smallest absolute Gasteiger partial charge is 0.343 e. The molecule has 0 atom stereocenters. The number of hydrogen-bond acceptors (Lipinski definition) is 5. The molecular weight excluding hydrogens is 464 g/mol. The summed E-state index contributed by atoms with van der Waals surface area (Å²) in [4.78, 5) is 27.4. The molecule has 0 amide bonds. The summed E-state index contributed by atoms with van der Waals surface area (Å²) in [6.45, 7) is 6.33. The number of rotatable bonds is 7. The zero-order chi connectivity index (χ0) is 26.5. The van der Waals surface area contributed by atoms with E-state index >= 15 is 0 Å². The second-order valence-corrected chi connectivity index (χ2v) is 9.28. The largest absolute Gasteiger partial charge is 0.423 e. The Labute approximate surface area is 217 Å². The van der Waals surface area contributed by atoms with Crippen molar-refractivity contribution >= 4 is 17.6 Å². The first-order valence-corrected chi connectivity index (χ1v) is 12.1. The van der Waals surface area contributed by atoms with Crippen LogP contribution in [0.4, 0.5) is 5.69 Å². The van der Waals surface area contributed by atoms with Crippen LogP contribution in [-0.4, -0.2) is 26.0 Å². The van der Waals surface area contributed by atoms with E-state index in [1.54, 1.807) is 36.4 Å². The van der Waals surface area contributed by atoms with E-state index < -0.39 is 11.9 Å². The van der Waals surface area contributed by atoms with E-state index in [0.717, 1.165) is 27.9 Å².